The predicted octanol–water partition coefficient (Wildman–Crippen LogP) is 3.13. The molecule has 0 aromatic heterocycles. The van der Waals surface area contributed by atoms with Crippen molar-refractivity contribution in [1.82, 2.24) is 9.62 Å². The van der Waals surface area contributed by atoms with Crippen LogP contribution in [0, 0.1) is 12.8 Å². The average molecular weight is 477 g/mol. The number of benzene rings is 2. The number of amides is 1. The van der Waals surface area contributed by atoms with E-state index in [0.717, 1.165) is 11.1 Å². The molecular weight excluding hydrogens is 444 g/mol. The molecule has 1 fully saturated rings. The van der Waals surface area contributed by atoms with Gasteiger partial charge in [-0.1, -0.05) is 6.07 Å². The van der Waals surface area contributed by atoms with Gasteiger partial charge >= 0.3 is 0 Å². The van der Waals surface area contributed by atoms with Gasteiger partial charge in [0, 0.05) is 19.0 Å². The Kier molecular flexibility index (Phi) is 8.20. The Morgan fingerprint density at radius 2 is 1.70 bits per heavy atom. The molecule has 9 heteroatoms. The molecule has 1 amide bonds. The summed E-state index contributed by atoms with van der Waals surface area (Å²) in [5, 5.41) is 2.95. The Labute approximate surface area is 195 Å². The van der Waals surface area contributed by atoms with Gasteiger partial charge in [-0.15, -0.1) is 0 Å². The zero-order valence-corrected chi connectivity index (χ0v) is 20.4. The van der Waals surface area contributed by atoms with Gasteiger partial charge in [0.2, 0.25) is 15.9 Å². The Balaban J connectivity index is 1.60. The minimum absolute atomic E-state index is 0.100. The molecule has 0 radical (unpaired) electrons. The molecule has 180 valence electrons. The van der Waals surface area contributed by atoms with E-state index < -0.39 is 10.0 Å². The lowest BCUT2D eigenvalue weighted by molar-refractivity contribution is -0.126. The molecule has 1 saturated heterocycles. The van der Waals surface area contributed by atoms with E-state index in [2.05, 4.69) is 5.32 Å². The van der Waals surface area contributed by atoms with Gasteiger partial charge < -0.3 is 19.5 Å². The van der Waals surface area contributed by atoms with Crippen molar-refractivity contribution in [2.24, 2.45) is 5.92 Å². The number of methoxy groups -OCH3 is 2. The first-order valence-corrected chi connectivity index (χ1v) is 12.5. The van der Waals surface area contributed by atoms with Crippen LogP contribution in [0.4, 0.5) is 0 Å². The fourth-order valence-electron chi connectivity index (χ4n) is 4.03. The van der Waals surface area contributed by atoms with Gasteiger partial charge in [-0.25, -0.2) is 8.42 Å². The lowest BCUT2D eigenvalue weighted by atomic mass is 9.97. The molecule has 1 heterocycles. The minimum atomic E-state index is -3.63. The van der Waals surface area contributed by atoms with E-state index in [1.807, 2.05) is 32.0 Å². The van der Waals surface area contributed by atoms with E-state index in [1.54, 1.807) is 32.4 Å². The number of carbonyl (C=O) groups is 1. The van der Waals surface area contributed by atoms with Gasteiger partial charge in [-0.05, 0) is 62.6 Å². The summed E-state index contributed by atoms with van der Waals surface area (Å²) in [7, 11) is -0.483. The summed E-state index contributed by atoms with van der Waals surface area (Å²) in [6, 6.07) is 10.4. The van der Waals surface area contributed by atoms with Crippen LogP contribution >= 0.6 is 0 Å². The lowest BCUT2D eigenvalue weighted by Gasteiger charge is -2.30. The normalized spacial score (nSPS) is 15.2. The molecule has 0 unspecified atom stereocenters. The largest absolute Gasteiger partial charge is 0.496 e. The van der Waals surface area contributed by atoms with Crippen LogP contribution in [0.25, 0.3) is 0 Å². The maximum Gasteiger partial charge on any atom is 0.243 e. The third-order valence-corrected chi connectivity index (χ3v) is 7.77. The van der Waals surface area contributed by atoms with Crippen molar-refractivity contribution in [1.29, 1.82) is 0 Å². The van der Waals surface area contributed by atoms with Gasteiger partial charge in [-0.2, -0.15) is 4.31 Å². The van der Waals surface area contributed by atoms with E-state index in [4.69, 9.17) is 14.2 Å². The van der Waals surface area contributed by atoms with Crippen LogP contribution in [-0.2, 0) is 21.4 Å². The quantitative estimate of drug-likeness (QED) is 0.598. The van der Waals surface area contributed by atoms with Crippen LogP contribution in [0.1, 0.15) is 30.9 Å². The van der Waals surface area contributed by atoms with Crippen LogP contribution in [0.15, 0.2) is 41.3 Å². The van der Waals surface area contributed by atoms with E-state index in [-0.39, 0.29) is 23.3 Å². The monoisotopic (exact) mass is 476 g/mol. The first-order chi connectivity index (χ1) is 15.8. The van der Waals surface area contributed by atoms with E-state index in [1.165, 1.54) is 4.31 Å². The average Bonchev–Trinajstić information content (AvgIpc) is 2.83. The third-order valence-electron chi connectivity index (χ3n) is 5.88. The maximum absolute atomic E-state index is 13.1. The number of hydrogen-bond donors (Lipinski definition) is 1. The molecule has 0 aliphatic carbocycles. The van der Waals surface area contributed by atoms with Crippen LogP contribution < -0.4 is 19.5 Å². The van der Waals surface area contributed by atoms with Crippen molar-refractivity contribution in [2.45, 2.75) is 38.1 Å². The van der Waals surface area contributed by atoms with Gasteiger partial charge in [0.15, 0.2) is 0 Å². The summed E-state index contributed by atoms with van der Waals surface area (Å²) in [5.74, 6) is 1.61. The van der Waals surface area contributed by atoms with Crippen molar-refractivity contribution in [3.63, 3.8) is 0 Å². The summed E-state index contributed by atoms with van der Waals surface area (Å²) in [5.41, 5.74) is 1.54. The van der Waals surface area contributed by atoms with Crippen LogP contribution in [0.2, 0.25) is 0 Å². The molecule has 3 rings (SSSR count). The second kappa shape index (κ2) is 10.9. The van der Waals surface area contributed by atoms with E-state index in [9.17, 15) is 13.2 Å². The summed E-state index contributed by atoms with van der Waals surface area (Å²) in [4.78, 5) is 13.0. The van der Waals surface area contributed by atoms with Crippen LogP contribution in [0.5, 0.6) is 17.2 Å². The highest BCUT2D eigenvalue weighted by Crippen LogP contribution is 2.29. The van der Waals surface area contributed by atoms with Crippen molar-refractivity contribution in [3.8, 4) is 17.2 Å². The second-order valence-electron chi connectivity index (χ2n) is 7.90. The standard InChI is InChI=1S/C24H32N2O6S/c1-5-32-21-10-9-19(15-17(21)2)33(28,29)26-13-11-18(12-14-26)24(27)25-16-20-22(30-3)7-6-8-23(20)31-4/h6-10,15,18H,5,11-14,16H2,1-4H3,(H,25,27). The van der Waals surface area contributed by atoms with Gasteiger partial charge in [0.05, 0.1) is 37.8 Å². The Morgan fingerprint density at radius 3 is 2.24 bits per heavy atom. The number of ether oxygens (including phenoxy) is 3. The lowest BCUT2D eigenvalue weighted by Crippen LogP contribution is -2.42. The first-order valence-electron chi connectivity index (χ1n) is 11.0. The molecular formula is C24H32N2O6S. The summed E-state index contributed by atoms with van der Waals surface area (Å²) in [6.07, 6.45) is 0.925. The SMILES string of the molecule is CCOc1ccc(S(=O)(=O)N2CCC(C(=O)NCc3c(OC)cccc3OC)CC2)cc1C. The molecule has 0 bridgehead atoms. The predicted molar refractivity (Wildman–Crippen MR) is 125 cm³/mol. The molecule has 2 aromatic rings. The zero-order valence-electron chi connectivity index (χ0n) is 19.6. The van der Waals surface area contributed by atoms with Crippen molar-refractivity contribution >= 4 is 15.9 Å². The number of nitrogens with zero attached hydrogens (tertiary/aromatic N) is 1. The van der Waals surface area contributed by atoms with Crippen LogP contribution in [-0.4, -0.2) is 52.5 Å². The number of hydrogen-bond acceptors (Lipinski definition) is 6. The highest BCUT2D eigenvalue weighted by atomic mass is 32.2. The number of sulfonamides is 1. The van der Waals surface area contributed by atoms with Crippen molar-refractivity contribution in [2.75, 3.05) is 33.9 Å². The first kappa shape index (κ1) is 24.9. The smallest absolute Gasteiger partial charge is 0.243 e. The number of carbonyl (C=O) groups excluding carboxylic acids is 1. The molecule has 1 aliphatic rings. The van der Waals surface area contributed by atoms with Gasteiger partial charge in [0.25, 0.3) is 0 Å². The molecule has 2 aromatic carbocycles. The highest BCUT2D eigenvalue weighted by molar-refractivity contribution is 7.89. The molecule has 33 heavy (non-hydrogen) atoms. The number of piperidine rings is 1. The fraction of sp³-hybridized carbons (Fsp3) is 0.458. The minimum Gasteiger partial charge on any atom is -0.496 e. The molecule has 8 nitrogen and oxygen atoms in total. The highest BCUT2D eigenvalue weighted by Gasteiger charge is 2.32. The van der Waals surface area contributed by atoms with Crippen molar-refractivity contribution < 1.29 is 27.4 Å². The number of aryl methyl sites for hydroxylation is 1. The molecule has 1 N–H and O–H groups in total. The van der Waals surface area contributed by atoms with Gasteiger partial charge in [-0.3, -0.25) is 4.79 Å². The number of rotatable bonds is 9. The Bertz CT molecular complexity index is 1060. The topological polar surface area (TPSA) is 94.2 Å². The summed E-state index contributed by atoms with van der Waals surface area (Å²) < 4.78 is 43.9. The Morgan fingerprint density at radius 1 is 1.06 bits per heavy atom. The zero-order chi connectivity index (χ0) is 24.0. The molecule has 0 spiro atoms. The number of nitrogens with one attached hydrogen (secondary N) is 1. The van der Waals surface area contributed by atoms with Crippen molar-refractivity contribution in [3.05, 3.63) is 47.5 Å². The van der Waals surface area contributed by atoms with E-state index in [0.29, 0.717) is 49.8 Å². The summed E-state index contributed by atoms with van der Waals surface area (Å²) >= 11 is 0. The molecule has 1 aliphatic heterocycles. The Hall–Kier alpha value is -2.78. The second-order valence-corrected chi connectivity index (χ2v) is 9.84. The fourth-order valence-corrected chi connectivity index (χ4v) is 5.58. The maximum atomic E-state index is 13.1. The van der Waals surface area contributed by atoms with E-state index >= 15 is 0 Å². The molecule has 0 atom stereocenters. The summed E-state index contributed by atoms with van der Waals surface area (Å²) in [6.45, 7) is 5.10. The molecule has 0 saturated carbocycles. The van der Waals surface area contributed by atoms with Gasteiger partial charge in [0.1, 0.15) is 17.2 Å². The van der Waals surface area contributed by atoms with Crippen LogP contribution in [0.3, 0.4) is 0 Å². The third kappa shape index (κ3) is 5.59.